The zero-order valence-corrected chi connectivity index (χ0v) is 17.0. The molecule has 2 aromatic rings. The Labute approximate surface area is 162 Å². The summed E-state index contributed by atoms with van der Waals surface area (Å²) in [7, 11) is 3.52. The maximum atomic E-state index is 12.6. The quantitative estimate of drug-likeness (QED) is 0.686. The number of hydrogen-bond acceptors (Lipinski definition) is 4. The molecule has 1 atom stereocenters. The van der Waals surface area contributed by atoms with Gasteiger partial charge in [-0.15, -0.1) is 0 Å². The van der Waals surface area contributed by atoms with E-state index in [9.17, 15) is 9.59 Å². The number of amides is 1. The maximum Gasteiger partial charge on any atom is 0.241 e. The number of benzene rings is 2. The summed E-state index contributed by atoms with van der Waals surface area (Å²) >= 11 is 3.46. The largest absolute Gasteiger partial charge is 0.496 e. The number of carbonyl (C=O) groups excluding carboxylic acids is 2. The molecule has 0 bridgehead atoms. The summed E-state index contributed by atoms with van der Waals surface area (Å²) in [6.45, 7) is 3.90. The van der Waals surface area contributed by atoms with Gasteiger partial charge < -0.3 is 10.1 Å². The molecule has 2 aromatic carbocycles. The smallest absolute Gasteiger partial charge is 0.241 e. The van der Waals surface area contributed by atoms with Gasteiger partial charge in [0.2, 0.25) is 5.91 Å². The second-order valence-electron chi connectivity index (χ2n) is 6.17. The first-order chi connectivity index (χ1) is 12.3. The van der Waals surface area contributed by atoms with Gasteiger partial charge in [0.1, 0.15) is 5.75 Å². The van der Waals surface area contributed by atoms with Crippen molar-refractivity contribution in [3.05, 3.63) is 58.1 Å². The van der Waals surface area contributed by atoms with Crippen molar-refractivity contribution in [2.75, 3.05) is 19.5 Å². The van der Waals surface area contributed by atoms with E-state index in [0.29, 0.717) is 17.8 Å². The molecule has 2 rings (SSSR count). The average Bonchev–Trinajstić information content (AvgIpc) is 2.61. The van der Waals surface area contributed by atoms with Gasteiger partial charge in [-0.1, -0.05) is 28.1 Å². The van der Waals surface area contributed by atoms with E-state index in [4.69, 9.17) is 4.74 Å². The first-order valence-electron chi connectivity index (χ1n) is 8.26. The first-order valence-corrected chi connectivity index (χ1v) is 9.05. The fraction of sp³-hybridized carbons (Fsp3) is 0.300. The van der Waals surface area contributed by atoms with Crippen LogP contribution >= 0.6 is 15.9 Å². The Kier molecular flexibility index (Phi) is 6.94. The van der Waals surface area contributed by atoms with Crippen molar-refractivity contribution in [3.8, 4) is 5.75 Å². The highest BCUT2D eigenvalue weighted by atomic mass is 79.9. The number of likely N-dealkylation sites (N-methyl/N-ethyl adjacent to an activating group) is 1. The van der Waals surface area contributed by atoms with Gasteiger partial charge in [0.05, 0.1) is 13.2 Å². The topological polar surface area (TPSA) is 58.6 Å². The predicted molar refractivity (Wildman–Crippen MR) is 107 cm³/mol. The monoisotopic (exact) mass is 418 g/mol. The number of nitrogens with zero attached hydrogens (tertiary/aromatic N) is 1. The molecule has 0 aliphatic carbocycles. The Bertz CT molecular complexity index is 807. The van der Waals surface area contributed by atoms with E-state index in [-0.39, 0.29) is 17.7 Å². The summed E-state index contributed by atoms with van der Waals surface area (Å²) in [5.74, 6) is 0.608. The number of halogens is 1. The Hall–Kier alpha value is -2.18. The van der Waals surface area contributed by atoms with E-state index >= 15 is 0 Å². The zero-order valence-electron chi connectivity index (χ0n) is 15.4. The average molecular weight is 419 g/mol. The first kappa shape index (κ1) is 20.1. The molecule has 0 unspecified atom stereocenters. The molecule has 1 amide bonds. The Morgan fingerprint density at radius 3 is 2.62 bits per heavy atom. The number of carbonyl (C=O) groups is 2. The minimum absolute atomic E-state index is 0.0342. The van der Waals surface area contributed by atoms with Crippen molar-refractivity contribution in [2.45, 2.75) is 26.4 Å². The summed E-state index contributed by atoms with van der Waals surface area (Å²) in [5, 5.41) is 2.87. The van der Waals surface area contributed by atoms with Gasteiger partial charge in [-0.3, -0.25) is 14.5 Å². The number of methoxy groups -OCH3 is 1. The highest BCUT2D eigenvalue weighted by Gasteiger charge is 2.20. The maximum absolute atomic E-state index is 12.6. The van der Waals surface area contributed by atoms with Crippen molar-refractivity contribution in [2.24, 2.45) is 0 Å². The van der Waals surface area contributed by atoms with Crippen LogP contribution in [0.3, 0.4) is 0 Å². The van der Waals surface area contributed by atoms with Crippen LogP contribution in [0.1, 0.15) is 29.8 Å². The highest BCUT2D eigenvalue weighted by molar-refractivity contribution is 9.10. The normalized spacial score (nSPS) is 11.9. The lowest BCUT2D eigenvalue weighted by molar-refractivity contribution is -0.120. The molecule has 0 aliphatic heterocycles. The zero-order chi connectivity index (χ0) is 19.3. The van der Waals surface area contributed by atoms with Crippen LogP contribution in [0.2, 0.25) is 0 Å². The van der Waals surface area contributed by atoms with Crippen LogP contribution in [0.25, 0.3) is 0 Å². The van der Waals surface area contributed by atoms with Gasteiger partial charge in [-0.05, 0) is 51.2 Å². The van der Waals surface area contributed by atoms with Crippen LogP contribution in [0.4, 0.5) is 5.69 Å². The number of rotatable bonds is 7. The minimum atomic E-state index is -0.361. The summed E-state index contributed by atoms with van der Waals surface area (Å²) in [4.78, 5) is 26.0. The fourth-order valence-electron chi connectivity index (χ4n) is 2.54. The minimum Gasteiger partial charge on any atom is -0.496 e. The molecule has 0 heterocycles. The fourth-order valence-corrected chi connectivity index (χ4v) is 2.95. The second-order valence-corrected chi connectivity index (χ2v) is 7.09. The van der Waals surface area contributed by atoms with Gasteiger partial charge in [-0.25, -0.2) is 0 Å². The van der Waals surface area contributed by atoms with Crippen molar-refractivity contribution < 1.29 is 14.3 Å². The molecule has 138 valence electrons. The van der Waals surface area contributed by atoms with Crippen molar-refractivity contribution >= 4 is 33.3 Å². The number of nitrogens with one attached hydrogen (secondary N) is 1. The summed E-state index contributed by atoms with van der Waals surface area (Å²) < 4.78 is 6.35. The molecular weight excluding hydrogens is 396 g/mol. The van der Waals surface area contributed by atoms with Gasteiger partial charge in [0.15, 0.2) is 5.78 Å². The van der Waals surface area contributed by atoms with Gasteiger partial charge in [0.25, 0.3) is 0 Å². The van der Waals surface area contributed by atoms with Gasteiger partial charge in [-0.2, -0.15) is 0 Å². The summed E-state index contributed by atoms with van der Waals surface area (Å²) in [6.07, 6.45) is 0. The van der Waals surface area contributed by atoms with Crippen LogP contribution in [0, 0.1) is 0 Å². The van der Waals surface area contributed by atoms with E-state index in [1.54, 1.807) is 31.4 Å². The van der Waals surface area contributed by atoms with Crippen LogP contribution in [-0.2, 0) is 11.3 Å². The Morgan fingerprint density at radius 2 is 1.96 bits per heavy atom. The van der Waals surface area contributed by atoms with E-state index in [2.05, 4.69) is 21.2 Å². The molecular formula is C20H23BrN2O3. The highest BCUT2D eigenvalue weighted by Crippen LogP contribution is 2.24. The lowest BCUT2D eigenvalue weighted by Crippen LogP contribution is -2.39. The van der Waals surface area contributed by atoms with Crippen LogP contribution < -0.4 is 10.1 Å². The lowest BCUT2D eigenvalue weighted by Gasteiger charge is -2.25. The lowest BCUT2D eigenvalue weighted by atomic mass is 10.1. The third-order valence-electron chi connectivity index (χ3n) is 4.24. The van der Waals surface area contributed by atoms with Crippen molar-refractivity contribution in [1.29, 1.82) is 0 Å². The van der Waals surface area contributed by atoms with Crippen molar-refractivity contribution in [3.63, 3.8) is 0 Å². The molecule has 0 saturated carbocycles. The standard InChI is InChI=1S/C20H23BrN2O3/c1-13(20(25)22-18-7-5-6-15(11-18)14(2)24)23(3)12-16-10-17(21)8-9-19(16)26-4/h5-11,13H,12H2,1-4H3,(H,22,25)/t13-/m0/s1. The number of ether oxygens (including phenoxy) is 1. The molecule has 0 saturated heterocycles. The van der Waals surface area contributed by atoms with Gasteiger partial charge >= 0.3 is 0 Å². The van der Waals surface area contributed by atoms with Crippen LogP contribution in [0.15, 0.2) is 46.9 Å². The Morgan fingerprint density at radius 1 is 1.23 bits per heavy atom. The van der Waals surface area contributed by atoms with Crippen LogP contribution in [0.5, 0.6) is 5.75 Å². The van der Waals surface area contributed by atoms with E-state index in [1.807, 2.05) is 37.1 Å². The van der Waals surface area contributed by atoms with Crippen LogP contribution in [-0.4, -0.2) is 36.8 Å². The second kappa shape index (κ2) is 8.96. The molecule has 0 radical (unpaired) electrons. The molecule has 0 fully saturated rings. The van der Waals surface area contributed by atoms with Gasteiger partial charge in [0, 0.05) is 27.8 Å². The van der Waals surface area contributed by atoms with E-state index in [1.165, 1.54) is 6.92 Å². The molecule has 26 heavy (non-hydrogen) atoms. The third kappa shape index (κ3) is 5.16. The summed E-state index contributed by atoms with van der Waals surface area (Å²) in [6, 6.07) is 12.4. The van der Waals surface area contributed by atoms with E-state index < -0.39 is 0 Å². The van der Waals surface area contributed by atoms with Crippen molar-refractivity contribution in [1.82, 2.24) is 4.90 Å². The molecule has 5 nitrogen and oxygen atoms in total. The molecule has 0 spiro atoms. The third-order valence-corrected chi connectivity index (χ3v) is 4.73. The SMILES string of the molecule is COc1ccc(Br)cc1CN(C)[C@@H](C)C(=O)Nc1cccc(C(C)=O)c1. The molecule has 0 aromatic heterocycles. The number of Topliss-reactive ketones (excluding diaryl/α,β-unsaturated/α-hetero) is 1. The molecule has 6 heteroatoms. The predicted octanol–water partition coefficient (Wildman–Crippen LogP) is 4.12. The number of ketones is 1. The number of hydrogen-bond donors (Lipinski definition) is 1. The number of anilines is 1. The van der Waals surface area contributed by atoms with E-state index in [0.717, 1.165) is 15.8 Å². The molecule has 1 N–H and O–H groups in total. The summed E-state index contributed by atoms with van der Waals surface area (Å²) in [5.41, 5.74) is 2.17. The molecule has 0 aliphatic rings. The Balaban J connectivity index is 2.07.